The second-order valence-corrected chi connectivity index (χ2v) is 7.89. The van der Waals surface area contributed by atoms with E-state index in [2.05, 4.69) is 11.6 Å². The van der Waals surface area contributed by atoms with E-state index in [0.717, 1.165) is 24.5 Å². The number of nitrogens with one attached hydrogen (secondary N) is 1. The van der Waals surface area contributed by atoms with Crippen LogP contribution >= 0.6 is 11.8 Å². The van der Waals surface area contributed by atoms with Gasteiger partial charge in [0.2, 0.25) is 0 Å². The largest absolute Gasteiger partial charge is 0.444 e. The molecule has 0 heterocycles. The quantitative estimate of drug-likeness (QED) is 0.723. The van der Waals surface area contributed by atoms with Crippen LogP contribution in [0.5, 0.6) is 0 Å². The molecular weight excluding hydrogens is 274 g/mol. The van der Waals surface area contributed by atoms with Crippen molar-refractivity contribution in [1.29, 1.82) is 0 Å². The van der Waals surface area contributed by atoms with E-state index in [1.165, 1.54) is 12.8 Å². The van der Waals surface area contributed by atoms with Gasteiger partial charge < -0.3 is 15.2 Å². The first-order valence-electron chi connectivity index (χ1n) is 7.37. The van der Waals surface area contributed by atoms with Gasteiger partial charge in [0.1, 0.15) is 5.60 Å². The summed E-state index contributed by atoms with van der Waals surface area (Å²) in [5.74, 6) is 1.73. The molecule has 0 saturated heterocycles. The summed E-state index contributed by atoms with van der Waals surface area (Å²) in [6, 6.07) is 0. The standard InChI is InChI=1S/C15H29NO3S/c1-14(2,3)19-13(18)16-10-15(11-17,7-8-20-4)9-12-5-6-12/h12,17H,5-11H2,1-4H3,(H,16,18). The van der Waals surface area contributed by atoms with E-state index in [1.807, 2.05) is 20.8 Å². The molecule has 4 nitrogen and oxygen atoms in total. The molecule has 0 aromatic heterocycles. The molecule has 0 aromatic rings. The molecule has 0 aromatic carbocycles. The molecule has 0 spiro atoms. The van der Waals surface area contributed by atoms with E-state index < -0.39 is 11.7 Å². The van der Waals surface area contributed by atoms with Crippen molar-refractivity contribution in [3.05, 3.63) is 0 Å². The minimum Gasteiger partial charge on any atom is -0.444 e. The van der Waals surface area contributed by atoms with Crippen molar-refractivity contribution < 1.29 is 14.6 Å². The number of alkyl carbamates (subject to hydrolysis) is 1. The van der Waals surface area contributed by atoms with Crippen molar-refractivity contribution in [3.63, 3.8) is 0 Å². The second kappa shape index (κ2) is 7.55. The first kappa shape index (κ1) is 17.6. The summed E-state index contributed by atoms with van der Waals surface area (Å²) in [5, 5.41) is 12.7. The Labute approximate surface area is 127 Å². The predicted octanol–water partition coefficient (Wildman–Crippen LogP) is 3.04. The van der Waals surface area contributed by atoms with E-state index in [4.69, 9.17) is 4.74 Å². The molecule has 0 bridgehead atoms. The highest BCUT2D eigenvalue weighted by molar-refractivity contribution is 7.98. The average molecular weight is 303 g/mol. The Morgan fingerprint density at radius 3 is 2.50 bits per heavy atom. The minimum atomic E-state index is -0.484. The van der Waals surface area contributed by atoms with Crippen molar-refractivity contribution in [2.75, 3.05) is 25.2 Å². The lowest BCUT2D eigenvalue weighted by molar-refractivity contribution is 0.0446. The van der Waals surface area contributed by atoms with Crippen molar-refractivity contribution in [1.82, 2.24) is 5.32 Å². The van der Waals surface area contributed by atoms with Gasteiger partial charge in [0.05, 0.1) is 6.61 Å². The number of carbonyl (C=O) groups is 1. The molecule has 1 rings (SSSR count). The summed E-state index contributed by atoms with van der Waals surface area (Å²) in [6.45, 7) is 6.17. The van der Waals surface area contributed by atoms with Crippen LogP contribution in [-0.2, 0) is 4.74 Å². The average Bonchev–Trinajstić information content (AvgIpc) is 3.14. The van der Waals surface area contributed by atoms with Gasteiger partial charge in [-0.15, -0.1) is 0 Å². The van der Waals surface area contributed by atoms with Crippen LogP contribution in [0.15, 0.2) is 0 Å². The number of aliphatic hydroxyl groups excluding tert-OH is 1. The fourth-order valence-corrected chi connectivity index (χ4v) is 2.93. The SMILES string of the molecule is CSCCC(CO)(CNC(=O)OC(C)(C)C)CC1CC1. The van der Waals surface area contributed by atoms with Gasteiger partial charge >= 0.3 is 6.09 Å². The van der Waals surface area contributed by atoms with E-state index in [0.29, 0.717) is 6.54 Å². The number of aliphatic hydroxyl groups is 1. The van der Waals surface area contributed by atoms with Crippen molar-refractivity contribution in [3.8, 4) is 0 Å². The van der Waals surface area contributed by atoms with Gasteiger partial charge in [0.25, 0.3) is 0 Å². The number of ether oxygens (including phenoxy) is 1. The van der Waals surface area contributed by atoms with Crippen LogP contribution in [0.3, 0.4) is 0 Å². The van der Waals surface area contributed by atoms with E-state index in [1.54, 1.807) is 11.8 Å². The first-order valence-corrected chi connectivity index (χ1v) is 8.76. The minimum absolute atomic E-state index is 0.125. The third-order valence-electron chi connectivity index (χ3n) is 3.60. The van der Waals surface area contributed by atoms with Gasteiger partial charge in [0.15, 0.2) is 0 Å². The maximum absolute atomic E-state index is 11.8. The van der Waals surface area contributed by atoms with E-state index >= 15 is 0 Å². The summed E-state index contributed by atoms with van der Waals surface area (Å²) in [7, 11) is 0. The van der Waals surface area contributed by atoms with Crippen LogP contribution in [0, 0.1) is 11.3 Å². The van der Waals surface area contributed by atoms with Crippen molar-refractivity contribution in [2.24, 2.45) is 11.3 Å². The van der Waals surface area contributed by atoms with Crippen LogP contribution in [0.1, 0.15) is 46.5 Å². The molecule has 1 fully saturated rings. The molecule has 5 heteroatoms. The zero-order chi connectivity index (χ0) is 15.2. The molecule has 0 radical (unpaired) electrons. The third-order valence-corrected chi connectivity index (χ3v) is 4.21. The number of rotatable bonds is 8. The summed E-state index contributed by atoms with van der Waals surface area (Å²) < 4.78 is 5.27. The van der Waals surface area contributed by atoms with Gasteiger partial charge in [-0.2, -0.15) is 11.8 Å². The highest BCUT2D eigenvalue weighted by atomic mass is 32.2. The summed E-state index contributed by atoms with van der Waals surface area (Å²) >= 11 is 1.78. The highest BCUT2D eigenvalue weighted by Crippen LogP contribution is 2.42. The third kappa shape index (κ3) is 6.84. The van der Waals surface area contributed by atoms with Gasteiger partial charge in [-0.05, 0) is 51.5 Å². The highest BCUT2D eigenvalue weighted by Gasteiger charge is 2.36. The van der Waals surface area contributed by atoms with Gasteiger partial charge in [-0.1, -0.05) is 12.8 Å². The molecule has 0 aliphatic heterocycles. The lowest BCUT2D eigenvalue weighted by Gasteiger charge is -2.32. The molecule has 1 aliphatic carbocycles. The molecule has 1 atom stereocenters. The maximum Gasteiger partial charge on any atom is 0.407 e. The molecule has 1 aliphatic rings. The number of carbonyl (C=O) groups excluding carboxylic acids is 1. The van der Waals surface area contributed by atoms with E-state index in [9.17, 15) is 9.90 Å². The summed E-state index contributed by atoms with van der Waals surface area (Å²) in [4.78, 5) is 11.8. The van der Waals surface area contributed by atoms with Gasteiger partial charge in [-0.25, -0.2) is 4.79 Å². The zero-order valence-electron chi connectivity index (χ0n) is 13.2. The smallest absolute Gasteiger partial charge is 0.407 e. The Balaban J connectivity index is 2.51. The normalized spacial score (nSPS) is 18.4. The van der Waals surface area contributed by atoms with Crippen molar-refractivity contribution in [2.45, 2.75) is 52.1 Å². The lowest BCUT2D eigenvalue weighted by Crippen LogP contribution is -2.43. The Hall–Kier alpha value is -0.420. The molecular formula is C15H29NO3S. The van der Waals surface area contributed by atoms with Crippen LogP contribution in [0.4, 0.5) is 4.79 Å². The fraction of sp³-hybridized carbons (Fsp3) is 0.933. The number of amides is 1. The van der Waals surface area contributed by atoms with Crippen LogP contribution in [0.2, 0.25) is 0 Å². The van der Waals surface area contributed by atoms with Crippen LogP contribution < -0.4 is 5.32 Å². The maximum atomic E-state index is 11.8. The Morgan fingerprint density at radius 2 is 2.05 bits per heavy atom. The molecule has 1 saturated carbocycles. The monoisotopic (exact) mass is 303 g/mol. The summed E-state index contributed by atoms with van der Waals surface area (Å²) in [5.41, 5.74) is -0.678. The predicted molar refractivity (Wildman–Crippen MR) is 84.1 cm³/mol. The van der Waals surface area contributed by atoms with E-state index in [-0.39, 0.29) is 12.0 Å². The van der Waals surface area contributed by atoms with Crippen LogP contribution in [0.25, 0.3) is 0 Å². The van der Waals surface area contributed by atoms with Gasteiger partial charge in [0, 0.05) is 12.0 Å². The molecule has 118 valence electrons. The zero-order valence-corrected chi connectivity index (χ0v) is 14.0. The Bertz CT molecular complexity index is 313. The van der Waals surface area contributed by atoms with Crippen LogP contribution in [-0.4, -0.2) is 42.0 Å². The second-order valence-electron chi connectivity index (χ2n) is 6.90. The molecule has 1 amide bonds. The molecule has 2 N–H and O–H groups in total. The number of hydrogen-bond donors (Lipinski definition) is 2. The number of thioether (sulfide) groups is 1. The van der Waals surface area contributed by atoms with Crippen molar-refractivity contribution >= 4 is 17.9 Å². The molecule has 1 unspecified atom stereocenters. The fourth-order valence-electron chi connectivity index (χ4n) is 2.29. The summed E-state index contributed by atoms with van der Waals surface area (Å²) in [6.07, 6.45) is 6.12. The Kier molecular flexibility index (Phi) is 6.65. The number of hydrogen-bond acceptors (Lipinski definition) is 4. The lowest BCUT2D eigenvalue weighted by atomic mass is 9.80. The first-order chi connectivity index (χ1) is 9.30. The molecule has 20 heavy (non-hydrogen) atoms. The Morgan fingerprint density at radius 1 is 1.40 bits per heavy atom. The topological polar surface area (TPSA) is 58.6 Å². The van der Waals surface area contributed by atoms with Gasteiger partial charge in [-0.3, -0.25) is 0 Å².